The lowest BCUT2D eigenvalue weighted by molar-refractivity contribution is -0.149. The molecule has 1 saturated carbocycles. The van der Waals surface area contributed by atoms with Gasteiger partial charge in [-0.15, -0.1) is 0 Å². The molecule has 2 aliphatic rings. The van der Waals surface area contributed by atoms with Gasteiger partial charge in [0.15, 0.2) is 0 Å². The minimum absolute atomic E-state index is 0.00390. The first kappa shape index (κ1) is 32.8. The van der Waals surface area contributed by atoms with Crippen LogP contribution in [0.5, 0.6) is 5.75 Å². The Labute approximate surface area is 251 Å². The molecule has 1 aromatic carbocycles. The van der Waals surface area contributed by atoms with Crippen molar-refractivity contribution in [1.29, 1.82) is 0 Å². The van der Waals surface area contributed by atoms with Crippen molar-refractivity contribution in [2.45, 2.75) is 70.8 Å². The van der Waals surface area contributed by atoms with E-state index in [1.165, 1.54) is 6.42 Å². The maximum atomic E-state index is 13.7. The number of nitrogens with zero attached hydrogens (tertiary/aromatic N) is 1. The summed E-state index contributed by atoms with van der Waals surface area (Å²) in [6.07, 6.45) is 2.96. The van der Waals surface area contributed by atoms with Gasteiger partial charge in [0.1, 0.15) is 24.6 Å². The number of carbonyl (C=O) groups is 2. The summed E-state index contributed by atoms with van der Waals surface area (Å²) in [7, 11) is 1.56. The van der Waals surface area contributed by atoms with Gasteiger partial charge in [-0.3, -0.25) is 9.59 Å². The summed E-state index contributed by atoms with van der Waals surface area (Å²) in [6.45, 7) is 6.92. The van der Waals surface area contributed by atoms with E-state index in [9.17, 15) is 19.8 Å². The SMILES string of the molecule is COCCN(C(=O)COC1CC(C)CCC1C(C)C)C1CC(C(=O)NCCO)=CC(Oc2ccccc2I)C1O. The number of ether oxygens (including phenoxy) is 3. The van der Waals surface area contributed by atoms with Gasteiger partial charge in [0.2, 0.25) is 11.8 Å². The largest absolute Gasteiger partial charge is 0.482 e. The van der Waals surface area contributed by atoms with Gasteiger partial charge in [-0.1, -0.05) is 39.3 Å². The third-order valence-corrected chi connectivity index (χ3v) is 8.84. The fourth-order valence-corrected chi connectivity index (χ4v) is 6.21. The molecule has 3 rings (SSSR count). The Morgan fingerprint density at radius 3 is 2.65 bits per heavy atom. The number of aliphatic hydroxyl groups excluding tert-OH is 2. The molecule has 0 aliphatic heterocycles. The van der Waals surface area contributed by atoms with E-state index in [4.69, 9.17) is 14.2 Å². The van der Waals surface area contributed by atoms with E-state index >= 15 is 0 Å². The van der Waals surface area contributed by atoms with E-state index in [1.54, 1.807) is 24.2 Å². The first-order valence-electron chi connectivity index (χ1n) is 14.2. The molecular weight excluding hydrogens is 627 g/mol. The molecule has 0 aromatic heterocycles. The second-order valence-corrected chi connectivity index (χ2v) is 12.4. The van der Waals surface area contributed by atoms with Gasteiger partial charge < -0.3 is 34.6 Å². The van der Waals surface area contributed by atoms with Gasteiger partial charge in [0.25, 0.3) is 0 Å². The lowest BCUT2D eigenvalue weighted by Gasteiger charge is -2.41. The molecule has 2 aliphatic carbocycles. The molecule has 9 nitrogen and oxygen atoms in total. The average Bonchev–Trinajstić information content (AvgIpc) is 2.93. The van der Waals surface area contributed by atoms with Crippen molar-refractivity contribution in [2.24, 2.45) is 17.8 Å². The number of halogens is 1. The number of hydrogen-bond donors (Lipinski definition) is 3. The number of nitrogens with one attached hydrogen (secondary N) is 1. The van der Waals surface area contributed by atoms with E-state index in [0.29, 0.717) is 29.1 Å². The third kappa shape index (κ3) is 8.88. The first-order valence-corrected chi connectivity index (χ1v) is 15.3. The molecule has 10 heteroatoms. The second kappa shape index (κ2) is 16.1. The number of aliphatic hydroxyl groups is 2. The van der Waals surface area contributed by atoms with Crippen molar-refractivity contribution in [3.05, 3.63) is 39.5 Å². The summed E-state index contributed by atoms with van der Waals surface area (Å²) in [5.74, 6) is 1.35. The van der Waals surface area contributed by atoms with Crippen LogP contribution >= 0.6 is 22.6 Å². The van der Waals surface area contributed by atoms with Crippen LogP contribution in [-0.2, 0) is 19.1 Å². The Morgan fingerprint density at radius 1 is 1.23 bits per heavy atom. The highest BCUT2D eigenvalue weighted by Gasteiger charge is 2.41. The van der Waals surface area contributed by atoms with Crippen molar-refractivity contribution >= 4 is 34.4 Å². The first-order chi connectivity index (χ1) is 19.2. The summed E-state index contributed by atoms with van der Waals surface area (Å²) < 4.78 is 18.6. The van der Waals surface area contributed by atoms with Crippen LogP contribution in [0, 0.1) is 21.3 Å². The van der Waals surface area contributed by atoms with Crippen LogP contribution in [0.1, 0.15) is 46.5 Å². The number of para-hydroxylation sites is 1. The van der Waals surface area contributed by atoms with E-state index in [1.807, 2.05) is 18.2 Å². The highest BCUT2D eigenvalue weighted by Crippen LogP contribution is 2.35. The zero-order chi connectivity index (χ0) is 29.2. The van der Waals surface area contributed by atoms with Crippen LogP contribution < -0.4 is 10.1 Å². The zero-order valence-electron chi connectivity index (χ0n) is 24.1. The number of hydrogen-bond acceptors (Lipinski definition) is 7. The molecule has 6 atom stereocenters. The number of benzene rings is 1. The molecule has 40 heavy (non-hydrogen) atoms. The maximum absolute atomic E-state index is 13.7. The predicted octanol–water partition coefficient (Wildman–Crippen LogP) is 3.16. The molecule has 3 N–H and O–H groups in total. The van der Waals surface area contributed by atoms with Crippen molar-refractivity contribution in [2.75, 3.05) is 40.0 Å². The summed E-state index contributed by atoms with van der Waals surface area (Å²) in [4.78, 5) is 28.2. The van der Waals surface area contributed by atoms with Crippen molar-refractivity contribution in [3.63, 3.8) is 0 Å². The third-order valence-electron chi connectivity index (χ3n) is 7.95. The Morgan fingerprint density at radius 2 is 1.98 bits per heavy atom. The predicted molar refractivity (Wildman–Crippen MR) is 161 cm³/mol. The quantitative estimate of drug-likeness (QED) is 0.276. The van der Waals surface area contributed by atoms with Gasteiger partial charge in [0.05, 0.1) is 28.9 Å². The summed E-state index contributed by atoms with van der Waals surface area (Å²) in [5, 5.41) is 23.4. The Kier molecular flexibility index (Phi) is 13.2. The van der Waals surface area contributed by atoms with E-state index in [0.717, 1.165) is 16.4 Å². The molecule has 224 valence electrons. The van der Waals surface area contributed by atoms with Gasteiger partial charge in [-0.05, 0) is 71.4 Å². The normalized spacial score (nSPS) is 26.8. The fraction of sp³-hybridized carbons (Fsp3) is 0.667. The van der Waals surface area contributed by atoms with Crippen LogP contribution in [0.15, 0.2) is 35.9 Å². The van der Waals surface area contributed by atoms with E-state index < -0.39 is 18.2 Å². The minimum atomic E-state index is -1.09. The standard InChI is InChI=1S/C30H45IN2O7/c1-19(2)22-10-9-20(3)15-26(22)39-18-28(35)33(12-14-38-4)24-16-21(30(37)32-11-13-34)17-27(29(24)36)40-25-8-6-5-7-23(25)31/h5-8,17,19-20,22,24,26-27,29,34,36H,9-16,18H2,1-4H3,(H,32,37). The lowest BCUT2D eigenvalue weighted by Crippen LogP contribution is -2.56. The molecule has 2 amide bonds. The Balaban J connectivity index is 1.84. The van der Waals surface area contributed by atoms with Crippen LogP contribution in [0.2, 0.25) is 0 Å². The second-order valence-electron chi connectivity index (χ2n) is 11.2. The van der Waals surface area contributed by atoms with Crippen LogP contribution in [0.3, 0.4) is 0 Å². The van der Waals surface area contributed by atoms with E-state index in [2.05, 4.69) is 48.7 Å². The molecule has 0 bridgehead atoms. The van der Waals surface area contributed by atoms with Crippen LogP contribution in [-0.4, -0.2) is 91.3 Å². The van der Waals surface area contributed by atoms with Crippen molar-refractivity contribution in [3.8, 4) is 5.75 Å². The van der Waals surface area contributed by atoms with Gasteiger partial charge in [-0.25, -0.2) is 0 Å². The maximum Gasteiger partial charge on any atom is 0.249 e. The molecule has 1 aromatic rings. The molecule has 6 unspecified atom stereocenters. The molecule has 0 saturated heterocycles. The Hall–Kier alpha value is -1.73. The minimum Gasteiger partial charge on any atom is -0.482 e. The van der Waals surface area contributed by atoms with Crippen LogP contribution in [0.4, 0.5) is 0 Å². The molecule has 0 spiro atoms. The number of carbonyl (C=O) groups excluding carboxylic acids is 2. The molecular formula is C30H45IN2O7. The topological polar surface area (TPSA) is 118 Å². The monoisotopic (exact) mass is 672 g/mol. The summed E-state index contributed by atoms with van der Waals surface area (Å²) >= 11 is 2.16. The van der Waals surface area contributed by atoms with Crippen molar-refractivity contribution < 1.29 is 34.0 Å². The molecule has 1 fully saturated rings. The number of rotatable bonds is 13. The zero-order valence-corrected chi connectivity index (χ0v) is 26.2. The fourth-order valence-electron chi connectivity index (χ4n) is 5.70. The van der Waals surface area contributed by atoms with Crippen LogP contribution in [0.25, 0.3) is 0 Å². The molecule has 0 radical (unpaired) electrons. The number of amides is 2. The summed E-state index contributed by atoms with van der Waals surface area (Å²) in [5.41, 5.74) is 0.386. The highest BCUT2D eigenvalue weighted by molar-refractivity contribution is 14.1. The summed E-state index contributed by atoms with van der Waals surface area (Å²) in [6, 6.07) is 6.69. The molecule has 0 heterocycles. The lowest BCUT2D eigenvalue weighted by atomic mass is 9.75. The smallest absolute Gasteiger partial charge is 0.249 e. The number of methoxy groups -OCH3 is 1. The highest BCUT2D eigenvalue weighted by atomic mass is 127. The van der Waals surface area contributed by atoms with Gasteiger partial charge in [-0.2, -0.15) is 0 Å². The van der Waals surface area contributed by atoms with E-state index in [-0.39, 0.29) is 57.2 Å². The van der Waals surface area contributed by atoms with Gasteiger partial charge >= 0.3 is 0 Å². The van der Waals surface area contributed by atoms with Gasteiger partial charge in [0, 0.05) is 32.2 Å². The van der Waals surface area contributed by atoms with Crippen molar-refractivity contribution in [1.82, 2.24) is 10.2 Å². The average molecular weight is 673 g/mol. The Bertz CT molecular complexity index is 1000.